The molecular weight excluding hydrogens is 364 g/mol. The van der Waals surface area contributed by atoms with Crippen LogP contribution in [0.5, 0.6) is 0 Å². The molecule has 0 saturated carbocycles. The number of urea groups is 1. The van der Waals surface area contributed by atoms with E-state index >= 15 is 0 Å². The van der Waals surface area contributed by atoms with E-state index in [1.807, 2.05) is 21.9 Å². The van der Waals surface area contributed by atoms with Crippen LogP contribution in [0.15, 0.2) is 54.9 Å². The second kappa shape index (κ2) is 9.52. The number of carbonyl (C=O) groups excluding carboxylic acids is 1. The zero-order valence-electron chi connectivity index (χ0n) is 16.7. The summed E-state index contributed by atoms with van der Waals surface area (Å²) in [6.45, 7) is 7.34. The van der Waals surface area contributed by atoms with Crippen molar-refractivity contribution in [3.05, 3.63) is 60.4 Å². The van der Waals surface area contributed by atoms with Crippen molar-refractivity contribution < 1.29 is 4.79 Å². The Kier molecular flexibility index (Phi) is 6.36. The number of hydrogen-bond acceptors (Lipinski definition) is 5. The molecule has 2 amide bonds. The van der Waals surface area contributed by atoms with E-state index in [2.05, 4.69) is 56.2 Å². The summed E-state index contributed by atoms with van der Waals surface area (Å²) >= 11 is 0. The van der Waals surface area contributed by atoms with Crippen LogP contribution in [0.4, 0.5) is 10.7 Å². The lowest BCUT2D eigenvalue weighted by atomic mass is 10.2. The van der Waals surface area contributed by atoms with Crippen LogP contribution < -0.4 is 4.90 Å². The van der Waals surface area contributed by atoms with Crippen LogP contribution in [-0.2, 0) is 0 Å². The van der Waals surface area contributed by atoms with E-state index in [9.17, 15) is 4.79 Å². The average Bonchev–Trinajstić information content (AvgIpc) is 2.80. The van der Waals surface area contributed by atoms with Crippen LogP contribution in [0.25, 0.3) is 6.08 Å². The van der Waals surface area contributed by atoms with Crippen LogP contribution in [0.2, 0.25) is 0 Å². The van der Waals surface area contributed by atoms with Crippen molar-refractivity contribution in [2.75, 3.05) is 63.8 Å². The molecule has 0 radical (unpaired) electrons. The molecule has 2 aliphatic rings. The Hall–Kier alpha value is -2.93. The molecular formula is C22H28N6O. The fraction of sp³-hybridized carbons (Fsp3) is 0.409. The first-order valence-corrected chi connectivity index (χ1v) is 10.3. The first-order chi connectivity index (χ1) is 14.3. The highest BCUT2D eigenvalue weighted by atomic mass is 16.2. The van der Waals surface area contributed by atoms with Gasteiger partial charge in [0.2, 0.25) is 5.95 Å². The molecule has 0 unspecified atom stereocenters. The van der Waals surface area contributed by atoms with Gasteiger partial charge in [0, 0.05) is 71.3 Å². The van der Waals surface area contributed by atoms with E-state index in [0.29, 0.717) is 0 Å². The maximum Gasteiger partial charge on any atom is 0.320 e. The molecule has 2 aliphatic heterocycles. The smallest absolute Gasteiger partial charge is 0.320 e. The Morgan fingerprint density at radius 3 is 2.10 bits per heavy atom. The number of anilines is 1. The number of benzene rings is 1. The van der Waals surface area contributed by atoms with Gasteiger partial charge in [-0.25, -0.2) is 14.8 Å². The first-order valence-electron chi connectivity index (χ1n) is 10.3. The summed E-state index contributed by atoms with van der Waals surface area (Å²) in [5.74, 6) is 0.747. The average molecular weight is 393 g/mol. The third-order valence-corrected chi connectivity index (χ3v) is 5.50. The summed E-state index contributed by atoms with van der Waals surface area (Å²) in [4.78, 5) is 30.0. The third-order valence-electron chi connectivity index (χ3n) is 5.50. The molecule has 29 heavy (non-hydrogen) atoms. The predicted octanol–water partition coefficient (Wildman–Crippen LogP) is 2.05. The number of carbonyl (C=O) groups is 1. The van der Waals surface area contributed by atoms with Gasteiger partial charge in [0.25, 0.3) is 0 Å². The Labute approximate surface area is 172 Å². The van der Waals surface area contributed by atoms with Crippen LogP contribution in [0.3, 0.4) is 0 Å². The number of rotatable bonds is 4. The number of nitrogens with zero attached hydrogens (tertiary/aromatic N) is 6. The summed E-state index contributed by atoms with van der Waals surface area (Å²) < 4.78 is 0. The predicted molar refractivity (Wildman–Crippen MR) is 115 cm³/mol. The molecule has 2 fully saturated rings. The Morgan fingerprint density at radius 2 is 1.45 bits per heavy atom. The molecule has 3 heterocycles. The largest absolute Gasteiger partial charge is 0.337 e. The Balaban J connectivity index is 1.20. The zero-order chi connectivity index (χ0) is 19.9. The molecule has 7 heteroatoms. The van der Waals surface area contributed by atoms with Gasteiger partial charge in [-0.15, -0.1) is 0 Å². The fourth-order valence-electron chi connectivity index (χ4n) is 3.78. The molecule has 0 atom stereocenters. The lowest BCUT2D eigenvalue weighted by molar-refractivity contribution is 0.115. The molecule has 4 rings (SSSR count). The Morgan fingerprint density at radius 1 is 0.828 bits per heavy atom. The van der Waals surface area contributed by atoms with Gasteiger partial charge in [-0.1, -0.05) is 42.5 Å². The van der Waals surface area contributed by atoms with Crippen molar-refractivity contribution in [1.29, 1.82) is 0 Å². The highest BCUT2D eigenvalue weighted by Crippen LogP contribution is 2.13. The summed E-state index contributed by atoms with van der Waals surface area (Å²) in [7, 11) is 0. The molecule has 0 N–H and O–H groups in total. The normalized spacial score (nSPS) is 18.4. The molecule has 0 aliphatic carbocycles. The topological polar surface area (TPSA) is 55.8 Å². The van der Waals surface area contributed by atoms with Crippen molar-refractivity contribution in [3.8, 4) is 0 Å². The summed E-state index contributed by atoms with van der Waals surface area (Å²) in [6, 6.07) is 12.3. The van der Waals surface area contributed by atoms with Gasteiger partial charge < -0.3 is 14.7 Å². The van der Waals surface area contributed by atoms with E-state index in [1.54, 1.807) is 12.4 Å². The fourth-order valence-corrected chi connectivity index (χ4v) is 3.78. The molecule has 2 aromatic rings. The molecule has 152 valence electrons. The van der Waals surface area contributed by atoms with E-state index in [1.165, 1.54) is 5.56 Å². The van der Waals surface area contributed by atoms with E-state index in [0.717, 1.165) is 64.9 Å². The number of piperazine rings is 2. The quantitative estimate of drug-likeness (QED) is 0.797. The maximum absolute atomic E-state index is 12.9. The van der Waals surface area contributed by atoms with E-state index < -0.39 is 0 Å². The summed E-state index contributed by atoms with van der Waals surface area (Å²) in [6.07, 6.45) is 7.88. The zero-order valence-corrected chi connectivity index (χ0v) is 16.7. The lowest BCUT2D eigenvalue weighted by Crippen LogP contribution is -2.57. The molecule has 2 saturated heterocycles. The maximum atomic E-state index is 12.9. The monoisotopic (exact) mass is 392 g/mol. The third kappa shape index (κ3) is 5.12. The Bertz CT molecular complexity index is 797. The van der Waals surface area contributed by atoms with Crippen LogP contribution in [0, 0.1) is 0 Å². The van der Waals surface area contributed by atoms with Gasteiger partial charge in [-0.05, 0) is 11.6 Å². The van der Waals surface area contributed by atoms with E-state index in [4.69, 9.17) is 0 Å². The summed E-state index contributed by atoms with van der Waals surface area (Å²) in [5.41, 5.74) is 1.22. The molecule has 0 bridgehead atoms. The van der Waals surface area contributed by atoms with Gasteiger partial charge in [0.1, 0.15) is 0 Å². The standard InChI is InChI=1S/C22H28N6O/c29-22(28-18-16-26(17-19-28)21-23-9-5-10-24-21)27-14-12-25(13-15-27)11-4-8-20-6-2-1-3-7-20/h1-10H,11-19H2/b8-4+. The highest BCUT2D eigenvalue weighted by molar-refractivity contribution is 5.75. The van der Waals surface area contributed by atoms with Crippen molar-refractivity contribution in [2.24, 2.45) is 0 Å². The van der Waals surface area contributed by atoms with Gasteiger partial charge in [-0.2, -0.15) is 0 Å². The second-order valence-electron chi connectivity index (χ2n) is 7.41. The number of hydrogen-bond donors (Lipinski definition) is 0. The van der Waals surface area contributed by atoms with Gasteiger partial charge in [0.15, 0.2) is 0 Å². The minimum atomic E-state index is 0.165. The molecule has 1 aromatic carbocycles. The summed E-state index contributed by atoms with van der Waals surface area (Å²) in [5, 5.41) is 0. The molecule has 0 spiro atoms. The van der Waals surface area contributed by atoms with Crippen molar-refractivity contribution in [3.63, 3.8) is 0 Å². The molecule has 7 nitrogen and oxygen atoms in total. The van der Waals surface area contributed by atoms with Crippen molar-refractivity contribution in [1.82, 2.24) is 24.7 Å². The molecule has 1 aromatic heterocycles. The minimum Gasteiger partial charge on any atom is -0.337 e. The van der Waals surface area contributed by atoms with Gasteiger partial charge in [0.05, 0.1) is 0 Å². The van der Waals surface area contributed by atoms with Gasteiger partial charge in [-0.3, -0.25) is 4.90 Å². The van der Waals surface area contributed by atoms with Crippen LogP contribution in [0.1, 0.15) is 5.56 Å². The number of amides is 2. The number of aromatic nitrogens is 2. The van der Waals surface area contributed by atoms with Crippen LogP contribution >= 0.6 is 0 Å². The minimum absolute atomic E-state index is 0.165. The van der Waals surface area contributed by atoms with Crippen molar-refractivity contribution >= 4 is 18.1 Å². The lowest BCUT2D eigenvalue weighted by Gasteiger charge is -2.40. The second-order valence-corrected chi connectivity index (χ2v) is 7.41. The first kappa shape index (κ1) is 19.4. The van der Waals surface area contributed by atoms with Gasteiger partial charge >= 0.3 is 6.03 Å². The highest BCUT2D eigenvalue weighted by Gasteiger charge is 2.28. The SMILES string of the molecule is O=C(N1CCN(C/C=C/c2ccccc2)CC1)N1CCN(c2ncccn2)CC1. The van der Waals surface area contributed by atoms with E-state index in [-0.39, 0.29) is 6.03 Å². The van der Waals surface area contributed by atoms with Crippen molar-refractivity contribution in [2.45, 2.75) is 0 Å². The van der Waals surface area contributed by atoms with Crippen LogP contribution in [-0.4, -0.2) is 89.6 Å².